The molecule has 0 unspecified atom stereocenters. The SMILES string of the molecule is COC(=O)c1ccccc1SCCn1cnc2c1NC=NCC2=O. The van der Waals surface area contributed by atoms with Crippen molar-refractivity contribution in [1.82, 2.24) is 9.55 Å². The van der Waals surface area contributed by atoms with Crippen molar-refractivity contribution in [1.29, 1.82) is 0 Å². The Morgan fingerprint density at radius 2 is 2.25 bits per heavy atom. The van der Waals surface area contributed by atoms with Crippen molar-refractivity contribution in [3.8, 4) is 0 Å². The highest BCUT2D eigenvalue weighted by Gasteiger charge is 2.19. The highest BCUT2D eigenvalue weighted by atomic mass is 32.2. The number of Topliss-reactive ketones (excluding diaryl/α,β-unsaturated/α-hetero) is 1. The second-order valence-corrected chi connectivity index (χ2v) is 6.15. The fraction of sp³-hybridized carbons (Fsp3) is 0.250. The molecule has 0 spiro atoms. The van der Waals surface area contributed by atoms with Crippen LogP contribution in [0.2, 0.25) is 0 Å². The molecule has 1 aliphatic heterocycles. The summed E-state index contributed by atoms with van der Waals surface area (Å²) in [5.41, 5.74) is 0.961. The molecule has 1 N–H and O–H groups in total. The number of carbonyl (C=O) groups is 2. The fourth-order valence-corrected chi connectivity index (χ4v) is 3.33. The van der Waals surface area contributed by atoms with Gasteiger partial charge >= 0.3 is 5.97 Å². The van der Waals surface area contributed by atoms with E-state index < -0.39 is 0 Å². The van der Waals surface area contributed by atoms with E-state index in [0.29, 0.717) is 29.4 Å². The van der Waals surface area contributed by atoms with Crippen LogP contribution in [0, 0.1) is 0 Å². The minimum Gasteiger partial charge on any atom is -0.465 e. The van der Waals surface area contributed by atoms with Gasteiger partial charge in [0, 0.05) is 17.2 Å². The van der Waals surface area contributed by atoms with Crippen LogP contribution in [-0.2, 0) is 11.3 Å². The highest BCUT2D eigenvalue weighted by Crippen LogP contribution is 2.24. The quantitative estimate of drug-likeness (QED) is 0.660. The Balaban J connectivity index is 1.69. The fourth-order valence-electron chi connectivity index (χ4n) is 2.34. The highest BCUT2D eigenvalue weighted by molar-refractivity contribution is 7.99. The molecule has 0 amide bonds. The molecule has 0 saturated carbocycles. The lowest BCUT2D eigenvalue weighted by molar-refractivity contribution is 0.0596. The molecule has 1 aromatic carbocycles. The standard InChI is InChI=1S/C16H16N4O3S/c1-23-16(22)11-4-2-3-5-13(11)24-7-6-20-10-19-14-12(21)8-17-9-18-15(14)20/h2-5,9-10H,6-8H2,1H3,(H,17,18). The van der Waals surface area contributed by atoms with E-state index in [0.717, 1.165) is 4.90 Å². The lowest BCUT2D eigenvalue weighted by Crippen LogP contribution is -2.08. The zero-order valence-corrected chi connectivity index (χ0v) is 13.9. The Morgan fingerprint density at radius 1 is 1.42 bits per heavy atom. The number of aromatic nitrogens is 2. The number of hydrogen-bond acceptors (Lipinski definition) is 7. The smallest absolute Gasteiger partial charge is 0.338 e. The Kier molecular flexibility index (Phi) is 4.95. The molecule has 124 valence electrons. The molecule has 0 bridgehead atoms. The van der Waals surface area contributed by atoms with E-state index in [1.807, 2.05) is 16.7 Å². The lowest BCUT2D eigenvalue weighted by atomic mass is 10.2. The minimum absolute atomic E-state index is 0.103. The third-order valence-corrected chi connectivity index (χ3v) is 4.57. The first-order valence-corrected chi connectivity index (χ1v) is 8.32. The molecular formula is C16H16N4O3S. The molecule has 0 aliphatic carbocycles. The minimum atomic E-state index is -0.349. The summed E-state index contributed by atoms with van der Waals surface area (Å²) in [4.78, 5) is 32.6. The Morgan fingerprint density at radius 3 is 3.08 bits per heavy atom. The van der Waals surface area contributed by atoms with Crippen LogP contribution in [0.25, 0.3) is 0 Å². The normalized spacial score (nSPS) is 13.1. The van der Waals surface area contributed by atoms with Crippen molar-refractivity contribution >= 4 is 35.7 Å². The number of fused-ring (bicyclic) bond motifs is 1. The summed E-state index contributed by atoms with van der Waals surface area (Å²) < 4.78 is 6.67. The molecule has 3 rings (SSSR count). The number of rotatable bonds is 5. The first-order valence-electron chi connectivity index (χ1n) is 7.34. The largest absolute Gasteiger partial charge is 0.465 e. The van der Waals surface area contributed by atoms with Crippen molar-refractivity contribution in [3.05, 3.63) is 41.9 Å². The van der Waals surface area contributed by atoms with Gasteiger partial charge in [0.15, 0.2) is 5.69 Å². The summed E-state index contributed by atoms with van der Waals surface area (Å²) in [6.45, 7) is 0.745. The van der Waals surface area contributed by atoms with Gasteiger partial charge in [-0.05, 0) is 12.1 Å². The van der Waals surface area contributed by atoms with Gasteiger partial charge < -0.3 is 14.6 Å². The number of imidazole rings is 1. The van der Waals surface area contributed by atoms with E-state index in [4.69, 9.17) is 4.74 Å². The summed E-state index contributed by atoms with van der Waals surface area (Å²) in [7, 11) is 1.37. The molecule has 2 aromatic rings. The van der Waals surface area contributed by atoms with E-state index in [-0.39, 0.29) is 18.3 Å². The van der Waals surface area contributed by atoms with Crippen LogP contribution in [0.5, 0.6) is 0 Å². The van der Waals surface area contributed by atoms with Crippen LogP contribution in [0.4, 0.5) is 5.82 Å². The Hall–Kier alpha value is -2.61. The Bertz CT molecular complexity index is 800. The van der Waals surface area contributed by atoms with Crippen LogP contribution < -0.4 is 5.32 Å². The van der Waals surface area contributed by atoms with Gasteiger partial charge in [0.25, 0.3) is 0 Å². The molecular weight excluding hydrogens is 328 g/mol. The monoisotopic (exact) mass is 344 g/mol. The van der Waals surface area contributed by atoms with Crippen molar-refractivity contribution in [3.63, 3.8) is 0 Å². The summed E-state index contributed by atoms with van der Waals surface area (Å²) in [5, 5.41) is 3.00. The summed E-state index contributed by atoms with van der Waals surface area (Å²) in [5.74, 6) is 0.916. The predicted molar refractivity (Wildman–Crippen MR) is 92.0 cm³/mol. The number of thioether (sulfide) groups is 1. The van der Waals surface area contributed by atoms with Crippen LogP contribution in [0.15, 0.2) is 40.5 Å². The molecule has 7 nitrogen and oxygen atoms in total. The predicted octanol–water partition coefficient (Wildman–Crippen LogP) is 2.10. The maximum absolute atomic E-state index is 11.9. The number of hydrogen-bond donors (Lipinski definition) is 1. The summed E-state index contributed by atoms with van der Waals surface area (Å²) in [6.07, 6.45) is 3.16. The van der Waals surface area contributed by atoms with Gasteiger partial charge in [-0.3, -0.25) is 9.79 Å². The number of aliphatic imine (C=N–C) groups is 1. The number of esters is 1. The van der Waals surface area contributed by atoms with Crippen molar-refractivity contribution in [2.45, 2.75) is 11.4 Å². The van der Waals surface area contributed by atoms with Crippen LogP contribution in [0.3, 0.4) is 0 Å². The third kappa shape index (κ3) is 3.33. The molecule has 0 atom stereocenters. The maximum Gasteiger partial charge on any atom is 0.338 e. The second kappa shape index (κ2) is 7.31. The number of benzene rings is 1. The number of nitrogens with zero attached hydrogens (tertiary/aromatic N) is 3. The molecule has 0 saturated heterocycles. The molecule has 0 fully saturated rings. The number of ketones is 1. The van der Waals surface area contributed by atoms with Gasteiger partial charge in [-0.1, -0.05) is 12.1 Å². The zero-order chi connectivity index (χ0) is 16.9. The van der Waals surface area contributed by atoms with Crippen LogP contribution in [-0.4, -0.2) is 47.0 Å². The number of methoxy groups -OCH3 is 1. The summed E-state index contributed by atoms with van der Waals surface area (Å²) in [6, 6.07) is 7.32. The lowest BCUT2D eigenvalue weighted by Gasteiger charge is -2.09. The van der Waals surface area contributed by atoms with Gasteiger partial charge in [0.1, 0.15) is 12.4 Å². The van der Waals surface area contributed by atoms with Crippen molar-refractivity contribution in [2.24, 2.45) is 4.99 Å². The van der Waals surface area contributed by atoms with Crippen molar-refractivity contribution < 1.29 is 14.3 Å². The number of ether oxygens (including phenoxy) is 1. The first kappa shape index (κ1) is 16.3. The molecule has 0 radical (unpaired) electrons. The average Bonchev–Trinajstić information content (AvgIpc) is 2.92. The van der Waals surface area contributed by atoms with Crippen LogP contribution >= 0.6 is 11.8 Å². The molecule has 8 heteroatoms. The van der Waals surface area contributed by atoms with E-state index >= 15 is 0 Å². The number of anilines is 1. The van der Waals surface area contributed by atoms with Gasteiger partial charge in [-0.15, -0.1) is 11.8 Å². The van der Waals surface area contributed by atoms with Gasteiger partial charge in [0.2, 0.25) is 5.78 Å². The van der Waals surface area contributed by atoms with E-state index in [1.165, 1.54) is 13.4 Å². The van der Waals surface area contributed by atoms with Gasteiger partial charge in [-0.2, -0.15) is 0 Å². The van der Waals surface area contributed by atoms with Crippen LogP contribution in [0.1, 0.15) is 20.8 Å². The van der Waals surface area contributed by atoms with E-state index in [1.54, 1.807) is 30.2 Å². The first-order chi connectivity index (χ1) is 11.7. The van der Waals surface area contributed by atoms with E-state index in [9.17, 15) is 9.59 Å². The Labute approximate surface area is 143 Å². The van der Waals surface area contributed by atoms with Gasteiger partial charge in [-0.25, -0.2) is 9.78 Å². The number of nitrogens with one attached hydrogen (secondary N) is 1. The van der Waals surface area contributed by atoms with Crippen molar-refractivity contribution in [2.75, 3.05) is 24.7 Å². The summed E-state index contributed by atoms with van der Waals surface area (Å²) >= 11 is 1.55. The van der Waals surface area contributed by atoms with Gasteiger partial charge in [0.05, 0.1) is 25.3 Å². The molecule has 24 heavy (non-hydrogen) atoms. The molecule has 2 heterocycles. The topological polar surface area (TPSA) is 85.6 Å². The van der Waals surface area contributed by atoms with E-state index in [2.05, 4.69) is 15.3 Å². The molecule has 1 aromatic heterocycles. The average molecular weight is 344 g/mol. The third-order valence-electron chi connectivity index (χ3n) is 3.51. The molecule has 1 aliphatic rings. The maximum atomic E-state index is 11.9. The number of carbonyl (C=O) groups excluding carboxylic acids is 2. The second-order valence-electron chi connectivity index (χ2n) is 5.01. The zero-order valence-electron chi connectivity index (χ0n) is 13.1. The number of aryl methyl sites for hydroxylation is 1.